The molecule has 32 heavy (non-hydrogen) atoms. The third-order valence-electron chi connectivity index (χ3n) is 6.23. The van der Waals surface area contributed by atoms with Gasteiger partial charge in [0, 0.05) is 31.1 Å². The van der Waals surface area contributed by atoms with Crippen molar-refractivity contribution in [2.75, 3.05) is 6.54 Å². The molecule has 5 rings (SSSR count). The highest BCUT2D eigenvalue weighted by atomic mass is 19.2. The number of benzene rings is 2. The van der Waals surface area contributed by atoms with E-state index in [1.165, 1.54) is 6.07 Å². The van der Waals surface area contributed by atoms with E-state index in [-0.39, 0.29) is 12.5 Å². The predicted octanol–water partition coefficient (Wildman–Crippen LogP) is 4.42. The number of nitrogens with zero attached hydrogens (tertiary/aromatic N) is 2. The van der Waals surface area contributed by atoms with Crippen LogP contribution in [0.25, 0.3) is 11.5 Å². The van der Waals surface area contributed by atoms with Gasteiger partial charge in [-0.25, -0.2) is 13.8 Å². The van der Waals surface area contributed by atoms with Crippen LogP contribution in [-0.4, -0.2) is 33.5 Å². The van der Waals surface area contributed by atoms with Crippen molar-refractivity contribution in [2.45, 2.75) is 38.5 Å². The summed E-state index contributed by atoms with van der Waals surface area (Å²) < 4.78 is 38.0. The molecule has 0 amide bonds. The molecule has 0 spiro atoms. The molecule has 0 bridgehead atoms. The van der Waals surface area contributed by atoms with Crippen molar-refractivity contribution >= 4 is 5.97 Å². The van der Waals surface area contributed by atoms with E-state index in [1.54, 1.807) is 12.1 Å². The summed E-state index contributed by atoms with van der Waals surface area (Å²) in [6.45, 7) is 1.64. The number of aromatic nitrogens is 1. The topological polar surface area (TPSA) is 75.8 Å². The standard InChI is InChI=1S/C24H22F2N2O4/c25-19-6-1-14(9-20(19)26)13-31-18-4-2-15(3-5-18)23-27-21-12-28(8-7-22(21)32-23)17-10-16(11-17)24(29)30/h1-6,9,16-17H,7-8,10-13H2,(H,29,30). The predicted molar refractivity (Wildman–Crippen MR) is 111 cm³/mol. The minimum absolute atomic E-state index is 0.129. The summed E-state index contributed by atoms with van der Waals surface area (Å²) in [5.74, 6) is -0.695. The van der Waals surface area contributed by atoms with Gasteiger partial charge in [0.15, 0.2) is 11.6 Å². The van der Waals surface area contributed by atoms with Gasteiger partial charge in [0.25, 0.3) is 0 Å². The summed E-state index contributed by atoms with van der Waals surface area (Å²) >= 11 is 0. The molecule has 2 aliphatic rings. The molecule has 2 aromatic carbocycles. The molecule has 0 radical (unpaired) electrons. The fourth-order valence-corrected chi connectivity index (χ4v) is 4.23. The molecule has 1 aliphatic heterocycles. The fourth-order valence-electron chi connectivity index (χ4n) is 4.23. The van der Waals surface area contributed by atoms with Crippen LogP contribution in [0.15, 0.2) is 46.9 Å². The summed E-state index contributed by atoms with van der Waals surface area (Å²) in [6.07, 6.45) is 2.15. The Labute approximate surface area is 183 Å². The van der Waals surface area contributed by atoms with Gasteiger partial charge in [0.2, 0.25) is 5.89 Å². The molecule has 1 saturated carbocycles. The molecule has 3 aromatic rings. The average Bonchev–Trinajstić information content (AvgIpc) is 3.17. The van der Waals surface area contributed by atoms with Crippen molar-refractivity contribution in [3.8, 4) is 17.2 Å². The van der Waals surface area contributed by atoms with Crippen LogP contribution in [-0.2, 0) is 24.4 Å². The molecule has 166 valence electrons. The van der Waals surface area contributed by atoms with Crippen molar-refractivity contribution in [3.05, 3.63) is 71.1 Å². The molecule has 1 fully saturated rings. The van der Waals surface area contributed by atoms with Gasteiger partial charge < -0.3 is 14.3 Å². The molecule has 0 unspecified atom stereocenters. The van der Waals surface area contributed by atoms with Crippen LogP contribution < -0.4 is 4.74 Å². The summed E-state index contributed by atoms with van der Waals surface area (Å²) in [5.41, 5.74) is 2.27. The second kappa shape index (κ2) is 8.35. The fraction of sp³-hybridized carbons (Fsp3) is 0.333. The first kappa shape index (κ1) is 20.6. The van der Waals surface area contributed by atoms with Crippen LogP contribution in [0, 0.1) is 17.6 Å². The van der Waals surface area contributed by atoms with E-state index >= 15 is 0 Å². The first-order valence-corrected chi connectivity index (χ1v) is 10.6. The van der Waals surface area contributed by atoms with E-state index in [0.29, 0.717) is 42.6 Å². The maximum absolute atomic E-state index is 13.3. The Morgan fingerprint density at radius 2 is 1.94 bits per heavy atom. The molecule has 1 N–H and O–H groups in total. The molecule has 0 atom stereocenters. The van der Waals surface area contributed by atoms with E-state index in [2.05, 4.69) is 9.88 Å². The lowest BCUT2D eigenvalue weighted by molar-refractivity contribution is -0.147. The van der Waals surface area contributed by atoms with Crippen LogP contribution in [0.5, 0.6) is 5.75 Å². The van der Waals surface area contributed by atoms with E-state index in [1.807, 2.05) is 12.1 Å². The molecule has 0 saturated heterocycles. The summed E-state index contributed by atoms with van der Waals surface area (Å²) in [6, 6.07) is 11.2. The van der Waals surface area contributed by atoms with Gasteiger partial charge >= 0.3 is 5.97 Å². The van der Waals surface area contributed by atoms with Gasteiger partial charge in [-0.05, 0) is 54.8 Å². The number of ether oxygens (including phenoxy) is 1. The number of fused-ring (bicyclic) bond motifs is 1. The second-order valence-electron chi connectivity index (χ2n) is 8.33. The average molecular weight is 440 g/mol. The SMILES string of the molecule is O=C(O)C1CC(N2CCc3oc(-c4ccc(OCc5ccc(F)c(F)c5)cc4)nc3C2)C1. The summed E-state index contributed by atoms with van der Waals surface area (Å²) in [5, 5.41) is 9.09. The normalized spacial score (nSPS) is 20.4. The lowest BCUT2D eigenvalue weighted by atomic mass is 9.79. The van der Waals surface area contributed by atoms with Gasteiger partial charge in [-0.2, -0.15) is 0 Å². The van der Waals surface area contributed by atoms with Crippen molar-refractivity contribution in [2.24, 2.45) is 5.92 Å². The van der Waals surface area contributed by atoms with Crippen molar-refractivity contribution in [1.82, 2.24) is 9.88 Å². The van der Waals surface area contributed by atoms with Crippen LogP contribution in [0.4, 0.5) is 8.78 Å². The highest BCUT2D eigenvalue weighted by Gasteiger charge is 2.39. The monoisotopic (exact) mass is 440 g/mol. The molecule has 8 heteroatoms. The van der Waals surface area contributed by atoms with E-state index < -0.39 is 17.6 Å². The molecule has 1 aromatic heterocycles. The smallest absolute Gasteiger partial charge is 0.306 e. The maximum atomic E-state index is 13.3. The molecular weight excluding hydrogens is 418 g/mol. The van der Waals surface area contributed by atoms with E-state index in [0.717, 1.165) is 42.1 Å². The summed E-state index contributed by atoms with van der Waals surface area (Å²) in [4.78, 5) is 18.0. The lowest BCUT2D eigenvalue weighted by Crippen LogP contribution is -2.48. The second-order valence-corrected chi connectivity index (χ2v) is 8.33. The van der Waals surface area contributed by atoms with Crippen molar-refractivity contribution in [3.63, 3.8) is 0 Å². The van der Waals surface area contributed by atoms with Crippen molar-refractivity contribution < 1.29 is 27.8 Å². The highest BCUT2D eigenvalue weighted by Crippen LogP contribution is 2.35. The van der Waals surface area contributed by atoms with Gasteiger partial charge in [-0.1, -0.05) is 6.07 Å². The zero-order valence-electron chi connectivity index (χ0n) is 17.3. The zero-order valence-corrected chi connectivity index (χ0v) is 17.3. The van der Waals surface area contributed by atoms with Gasteiger partial charge in [-0.3, -0.25) is 9.69 Å². The Morgan fingerprint density at radius 1 is 1.16 bits per heavy atom. The third kappa shape index (κ3) is 4.10. The number of hydrogen-bond donors (Lipinski definition) is 1. The quantitative estimate of drug-likeness (QED) is 0.612. The number of hydrogen-bond acceptors (Lipinski definition) is 5. The Bertz CT molecular complexity index is 1140. The van der Waals surface area contributed by atoms with Crippen molar-refractivity contribution in [1.29, 1.82) is 0 Å². The first-order valence-electron chi connectivity index (χ1n) is 10.6. The number of carboxylic acids is 1. The maximum Gasteiger partial charge on any atom is 0.306 e. The molecule has 6 nitrogen and oxygen atoms in total. The number of rotatable bonds is 6. The van der Waals surface area contributed by atoms with Gasteiger partial charge in [0.05, 0.1) is 11.6 Å². The first-order chi connectivity index (χ1) is 15.5. The van der Waals surface area contributed by atoms with Gasteiger partial charge in [0.1, 0.15) is 18.1 Å². The Balaban J connectivity index is 1.21. The lowest BCUT2D eigenvalue weighted by Gasteiger charge is -2.42. The number of oxazole rings is 1. The Hall–Kier alpha value is -3.26. The Kier molecular flexibility index (Phi) is 5.38. The zero-order chi connectivity index (χ0) is 22.2. The number of carboxylic acid groups (broad SMARTS) is 1. The number of aliphatic carboxylic acids is 1. The molecule has 1 aliphatic carbocycles. The van der Waals surface area contributed by atoms with Gasteiger partial charge in [-0.15, -0.1) is 0 Å². The number of halogens is 2. The summed E-state index contributed by atoms with van der Waals surface area (Å²) in [7, 11) is 0. The van der Waals surface area contributed by atoms with E-state index in [4.69, 9.17) is 14.3 Å². The molecule has 2 heterocycles. The van der Waals surface area contributed by atoms with Crippen LogP contribution >= 0.6 is 0 Å². The minimum Gasteiger partial charge on any atom is -0.489 e. The Morgan fingerprint density at radius 3 is 2.66 bits per heavy atom. The van der Waals surface area contributed by atoms with E-state index in [9.17, 15) is 13.6 Å². The van der Waals surface area contributed by atoms with Crippen LogP contribution in [0.3, 0.4) is 0 Å². The van der Waals surface area contributed by atoms with Crippen LogP contribution in [0.1, 0.15) is 29.9 Å². The van der Waals surface area contributed by atoms with Crippen LogP contribution in [0.2, 0.25) is 0 Å². The number of carbonyl (C=O) groups is 1. The molecular formula is C24H22F2N2O4. The minimum atomic E-state index is -0.896. The highest BCUT2D eigenvalue weighted by molar-refractivity contribution is 5.71. The largest absolute Gasteiger partial charge is 0.489 e. The third-order valence-corrected chi connectivity index (χ3v) is 6.23.